The Morgan fingerprint density at radius 2 is 2.00 bits per heavy atom. The van der Waals surface area contributed by atoms with Gasteiger partial charge in [-0.25, -0.2) is 0 Å². The van der Waals surface area contributed by atoms with Gasteiger partial charge in [0.05, 0.1) is 6.10 Å². The molecule has 2 atom stereocenters. The van der Waals surface area contributed by atoms with Crippen LogP contribution in [0.3, 0.4) is 0 Å². The minimum atomic E-state index is -2.14. The summed E-state index contributed by atoms with van der Waals surface area (Å²) in [5, 5.41) is 0. The first-order chi connectivity index (χ1) is 5.38. The summed E-state index contributed by atoms with van der Waals surface area (Å²) in [7, 11) is 0. The molecule has 0 saturated heterocycles. The van der Waals surface area contributed by atoms with Crippen molar-refractivity contribution >= 4 is 11.4 Å². The van der Waals surface area contributed by atoms with Gasteiger partial charge in [0, 0.05) is 0 Å². The van der Waals surface area contributed by atoms with Crippen molar-refractivity contribution < 1.29 is 12.9 Å². The third-order valence-electron chi connectivity index (χ3n) is 1.72. The van der Waals surface area contributed by atoms with Crippen LogP contribution in [0.2, 0.25) is 0 Å². The fraction of sp³-hybridized carbons (Fsp3) is 1.00. The Balaban J connectivity index is 4.13. The first-order valence-corrected chi connectivity index (χ1v) is 5.19. The summed E-state index contributed by atoms with van der Waals surface area (Å²) in [5.74, 6) is 0. The highest BCUT2D eigenvalue weighted by Crippen LogP contribution is 2.26. The second-order valence-electron chi connectivity index (χ2n) is 3.96. The maximum Gasteiger partial charge on any atom is 0.302 e. The Morgan fingerprint density at radius 1 is 1.50 bits per heavy atom. The van der Waals surface area contributed by atoms with Crippen LogP contribution < -0.4 is 0 Å². The van der Waals surface area contributed by atoms with Gasteiger partial charge in [-0.05, 0) is 11.8 Å². The molecule has 0 amide bonds. The van der Waals surface area contributed by atoms with Crippen molar-refractivity contribution in [2.75, 3.05) is 0 Å². The smallest absolute Gasteiger partial charge is 0.284 e. The first kappa shape index (κ1) is 12.1. The Bertz CT molecular complexity index is 151. The molecule has 2 unspecified atom stereocenters. The van der Waals surface area contributed by atoms with Crippen molar-refractivity contribution in [3.05, 3.63) is 0 Å². The molecular formula is C8H18O3S. The zero-order valence-corrected chi connectivity index (χ0v) is 8.98. The normalized spacial score (nSPS) is 17.4. The molecule has 0 aromatic rings. The third-order valence-corrected chi connectivity index (χ3v) is 2.11. The van der Waals surface area contributed by atoms with E-state index in [4.69, 9.17) is 8.74 Å². The van der Waals surface area contributed by atoms with Crippen molar-refractivity contribution in [3.8, 4) is 0 Å². The van der Waals surface area contributed by atoms with Crippen LogP contribution in [0.5, 0.6) is 0 Å². The van der Waals surface area contributed by atoms with E-state index in [9.17, 15) is 4.21 Å². The predicted molar refractivity (Wildman–Crippen MR) is 50.0 cm³/mol. The third kappa shape index (κ3) is 4.85. The van der Waals surface area contributed by atoms with Crippen LogP contribution in [0.1, 0.15) is 40.5 Å². The minimum Gasteiger partial charge on any atom is -0.284 e. The molecule has 0 aromatic carbocycles. The molecule has 4 heteroatoms. The Hall–Kier alpha value is 0.0700. The van der Waals surface area contributed by atoms with Gasteiger partial charge in [-0.3, -0.25) is 8.74 Å². The van der Waals surface area contributed by atoms with Crippen molar-refractivity contribution in [3.63, 3.8) is 0 Å². The zero-order valence-electron chi connectivity index (χ0n) is 8.16. The van der Waals surface area contributed by atoms with Gasteiger partial charge in [0.15, 0.2) is 0 Å². The standard InChI is InChI=1S/C8H18O3S/c1-5-6-7(8(2,3)4)11-12(9)10/h7H,5-6H2,1-4H3,(H,9,10). The van der Waals surface area contributed by atoms with E-state index in [-0.39, 0.29) is 11.5 Å². The second kappa shape index (κ2) is 4.94. The van der Waals surface area contributed by atoms with Crippen molar-refractivity contribution in [1.29, 1.82) is 0 Å². The van der Waals surface area contributed by atoms with Crippen LogP contribution in [-0.2, 0) is 15.5 Å². The molecule has 0 aliphatic rings. The molecule has 0 heterocycles. The van der Waals surface area contributed by atoms with Gasteiger partial charge in [0.1, 0.15) is 0 Å². The molecule has 0 bridgehead atoms. The highest BCUT2D eigenvalue weighted by molar-refractivity contribution is 7.74. The monoisotopic (exact) mass is 194 g/mol. The van der Waals surface area contributed by atoms with E-state index in [2.05, 4.69) is 0 Å². The number of hydrogen-bond donors (Lipinski definition) is 1. The average molecular weight is 194 g/mol. The second-order valence-corrected chi connectivity index (χ2v) is 4.58. The summed E-state index contributed by atoms with van der Waals surface area (Å²) in [6.45, 7) is 8.03. The van der Waals surface area contributed by atoms with Gasteiger partial charge >= 0.3 is 11.4 Å². The van der Waals surface area contributed by atoms with E-state index in [1.807, 2.05) is 27.7 Å². The van der Waals surface area contributed by atoms with Crippen molar-refractivity contribution in [2.24, 2.45) is 5.41 Å². The molecule has 0 aliphatic carbocycles. The Kier molecular flexibility index (Phi) is 4.97. The van der Waals surface area contributed by atoms with E-state index in [1.54, 1.807) is 0 Å². The van der Waals surface area contributed by atoms with Crippen LogP contribution in [0.4, 0.5) is 0 Å². The molecule has 3 nitrogen and oxygen atoms in total. The van der Waals surface area contributed by atoms with E-state index < -0.39 is 11.4 Å². The van der Waals surface area contributed by atoms with Crippen LogP contribution in [0, 0.1) is 5.41 Å². The maximum atomic E-state index is 10.4. The molecule has 0 saturated carbocycles. The van der Waals surface area contributed by atoms with Gasteiger partial charge < -0.3 is 0 Å². The summed E-state index contributed by atoms with van der Waals surface area (Å²) in [5.41, 5.74) is -0.0750. The predicted octanol–water partition coefficient (Wildman–Crippen LogP) is 2.35. The summed E-state index contributed by atoms with van der Waals surface area (Å²) < 4.78 is 23.9. The van der Waals surface area contributed by atoms with Crippen LogP contribution in [0.25, 0.3) is 0 Å². The first-order valence-electron chi connectivity index (χ1n) is 4.16. The lowest BCUT2D eigenvalue weighted by molar-refractivity contribution is 0.0824. The largest absolute Gasteiger partial charge is 0.302 e. The van der Waals surface area contributed by atoms with Crippen molar-refractivity contribution in [1.82, 2.24) is 0 Å². The van der Waals surface area contributed by atoms with Gasteiger partial charge in [-0.1, -0.05) is 34.1 Å². The van der Waals surface area contributed by atoms with E-state index in [0.717, 1.165) is 12.8 Å². The SMILES string of the molecule is CCCC(OS(=O)O)C(C)(C)C. The van der Waals surface area contributed by atoms with Gasteiger partial charge in [-0.15, -0.1) is 0 Å². The molecule has 0 fully saturated rings. The maximum absolute atomic E-state index is 10.4. The fourth-order valence-electron chi connectivity index (χ4n) is 0.987. The lowest BCUT2D eigenvalue weighted by atomic mass is 9.87. The van der Waals surface area contributed by atoms with E-state index in [0.29, 0.717) is 0 Å². The summed E-state index contributed by atoms with van der Waals surface area (Å²) in [4.78, 5) is 0. The minimum absolute atomic E-state index is 0.0750. The summed E-state index contributed by atoms with van der Waals surface area (Å²) >= 11 is -2.14. The molecular weight excluding hydrogens is 176 g/mol. The van der Waals surface area contributed by atoms with Gasteiger partial charge in [0.25, 0.3) is 0 Å². The molecule has 0 aliphatic heterocycles. The highest BCUT2D eigenvalue weighted by Gasteiger charge is 2.26. The summed E-state index contributed by atoms with van der Waals surface area (Å²) in [6, 6.07) is 0. The number of rotatable bonds is 4. The topological polar surface area (TPSA) is 46.5 Å². The molecule has 1 N–H and O–H groups in total. The van der Waals surface area contributed by atoms with Crippen LogP contribution >= 0.6 is 0 Å². The van der Waals surface area contributed by atoms with Gasteiger partial charge in [0.2, 0.25) is 0 Å². The van der Waals surface area contributed by atoms with Crippen molar-refractivity contribution in [2.45, 2.75) is 46.6 Å². The molecule has 12 heavy (non-hydrogen) atoms. The van der Waals surface area contributed by atoms with Crippen LogP contribution in [-0.4, -0.2) is 14.9 Å². The highest BCUT2D eigenvalue weighted by atomic mass is 32.2. The molecule has 74 valence electrons. The molecule has 0 spiro atoms. The Labute approximate surface area is 77.0 Å². The lowest BCUT2D eigenvalue weighted by Crippen LogP contribution is -2.29. The fourth-order valence-corrected chi connectivity index (χ4v) is 1.57. The average Bonchev–Trinajstić information content (AvgIpc) is 1.83. The summed E-state index contributed by atoms with van der Waals surface area (Å²) in [6.07, 6.45) is 1.63. The lowest BCUT2D eigenvalue weighted by Gasteiger charge is -2.28. The zero-order chi connectivity index (χ0) is 9.78. The quantitative estimate of drug-likeness (QED) is 0.699. The van der Waals surface area contributed by atoms with E-state index >= 15 is 0 Å². The molecule has 0 rings (SSSR count). The number of hydrogen-bond acceptors (Lipinski definition) is 2. The Morgan fingerprint density at radius 3 is 2.25 bits per heavy atom. The molecule has 0 aromatic heterocycles. The van der Waals surface area contributed by atoms with E-state index in [1.165, 1.54) is 0 Å². The van der Waals surface area contributed by atoms with Gasteiger partial charge in [-0.2, -0.15) is 4.21 Å². The van der Waals surface area contributed by atoms with Crippen LogP contribution in [0.15, 0.2) is 0 Å². The molecule has 0 radical (unpaired) electrons.